The van der Waals surface area contributed by atoms with Crippen molar-refractivity contribution in [2.45, 2.75) is 13.1 Å². The van der Waals surface area contributed by atoms with Crippen molar-refractivity contribution in [3.8, 4) is 40.1 Å². The normalized spacial score (nSPS) is 11.1. The highest BCUT2D eigenvalue weighted by Gasteiger charge is 2.19. The molecule has 0 unspecified atom stereocenters. The highest BCUT2D eigenvalue weighted by atomic mass is 16.5. The number of ether oxygens (including phenoxy) is 6. The van der Waals surface area contributed by atoms with Gasteiger partial charge in [0.15, 0.2) is 28.4 Å². The molecule has 0 radical (unpaired) electrons. The molecule has 0 aliphatic rings. The first-order chi connectivity index (χ1) is 22.5. The lowest BCUT2D eigenvalue weighted by Gasteiger charge is -2.24. The van der Waals surface area contributed by atoms with Crippen LogP contribution in [0.5, 0.6) is 28.7 Å². The Morgan fingerprint density at radius 2 is 1.35 bits per heavy atom. The van der Waals surface area contributed by atoms with Crippen LogP contribution in [0.1, 0.15) is 11.4 Å². The molecule has 0 N–H and O–H groups in total. The summed E-state index contributed by atoms with van der Waals surface area (Å²) in [5.74, 6) is 3.55. The fourth-order valence-corrected chi connectivity index (χ4v) is 5.04. The van der Waals surface area contributed by atoms with Gasteiger partial charge in [0, 0.05) is 55.8 Å². The largest absolute Gasteiger partial charge is 0.493 e. The molecule has 0 aliphatic heterocycles. The minimum atomic E-state index is -0.0781. The zero-order valence-electron chi connectivity index (χ0n) is 26.4. The van der Waals surface area contributed by atoms with Gasteiger partial charge in [-0.15, -0.1) is 0 Å². The summed E-state index contributed by atoms with van der Waals surface area (Å²) in [6.45, 7) is 2.65. The summed E-state index contributed by atoms with van der Waals surface area (Å²) in [5.41, 5.74) is 2.71. The van der Waals surface area contributed by atoms with E-state index in [4.69, 9.17) is 32.8 Å². The Labute approximate surface area is 267 Å². The van der Waals surface area contributed by atoms with E-state index in [1.165, 1.54) is 6.07 Å². The van der Waals surface area contributed by atoms with E-state index in [-0.39, 0.29) is 5.43 Å². The van der Waals surface area contributed by atoms with Gasteiger partial charge in [-0.2, -0.15) is 0 Å². The van der Waals surface area contributed by atoms with E-state index in [9.17, 15) is 4.79 Å². The summed E-state index contributed by atoms with van der Waals surface area (Å²) >= 11 is 0. The van der Waals surface area contributed by atoms with Crippen LogP contribution in [0.25, 0.3) is 22.3 Å². The van der Waals surface area contributed by atoms with E-state index in [2.05, 4.69) is 14.9 Å². The first kappa shape index (κ1) is 32.3. The van der Waals surface area contributed by atoms with Crippen LogP contribution in [0.2, 0.25) is 0 Å². The molecule has 2 aromatic carbocycles. The second kappa shape index (κ2) is 15.7. The Bertz CT molecular complexity index is 1730. The third-order valence-electron chi connectivity index (χ3n) is 7.30. The predicted octanol–water partition coefficient (Wildman–Crippen LogP) is 5.38. The van der Waals surface area contributed by atoms with E-state index in [0.717, 1.165) is 17.0 Å². The third kappa shape index (κ3) is 7.74. The average Bonchev–Trinajstić information content (AvgIpc) is 3.09. The molecule has 46 heavy (non-hydrogen) atoms. The maximum absolute atomic E-state index is 12.5. The summed E-state index contributed by atoms with van der Waals surface area (Å²) in [7, 11) is 6.38. The van der Waals surface area contributed by atoms with Crippen LogP contribution in [-0.4, -0.2) is 69.7 Å². The van der Waals surface area contributed by atoms with Gasteiger partial charge in [-0.1, -0.05) is 12.1 Å². The van der Waals surface area contributed by atoms with E-state index in [0.29, 0.717) is 84.9 Å². The fraction of sp³-hybridized carbons (Fsp3) is 0.286. The fourth-order valence-electron chi connectivity index (χ4n) is 5.04. The van der Waals surface area contributed by atoms with Gasteiger partial charge in [-0.05, 0) is 36.4 Å². The zero-order chi connectivity index (χ0) is 32.3. The molecule has 240 valence electrons. The van der Waals surface area contributed by atoms with Gasteiger partial charge in [0.2, 0.25) is 0 Å². The van der Waals surface area contributed by atoms with Crippen LogP contribution in [0, 0.1) is 0 Å². The molecule has 11 heteroatoms. The van der Waals surface area contributed by atoms with Crippen molar-refractivity contribution in [3.63, 3.8) is 0 Å². The average molecular weight is 628 g/mol. The molecular formula is C35H37N3O8. The van der Waals surface area contributed by atoms with Gasteiger partial charge in [0.05, 0.1) is 47.0 Å². The zero-order valence-corrected chi connectivity index (χ0v) is 26.4. The molecular weight excluding hydrogens is 590 g/mol. The number of fused-ring (bicyclic) bond motifs is 1. The van der Waals surface area contributed by atoms with Crippen molar-refractivity contribution in [1.82, 2.24) is 14.9 Å². The number of benzene rings is 2. The highest BCUT2D eigenvalue weighted by molar-refractivity contribution is 5.78. The van der Waals surface area contributed by atoms with E-state index in [1.807, 2.05) is 36.4 Å². The van der Waals surface area contributed by atoms with Crippen molar-refractivity contribution in [3.05, 3.63) is 101 Å². The molecule has 0 bridgehead atoms. The Kier molecular flexibility index (Phi) is 11.0. The van der Waals surface area contributed by atoms with Crippen LogP contribution >= 0.6 is 0 Å². The highest BCUT2D eigenvalue weighted by Crippen LogP contribution is 2.32. The summed E-state index contributed by atoms with van der Waals surface area (Å²) in [6.07, 6.45) is 3.38. The number of nitrogens with zero attached hydrogens (tertiary/aromatic N) is 3. The molecule has 0 saturated heterocycles. The predicted molar refractivity (Wildman–Crippen MR) is 173 cm³/mol. The summed E-state index contributed by atoms with van der Waals surface area (Å²) in [4.78, 5) is 23.7. The third-order valence-corrected chi connectivity index (χ3v) is 7.30. The lowest BCUT2D eigenvalue weighted by atomic mass is 10.1. The van der Waals surface area contributed by atoms with Crippen LogP contribution in [0.4, 0.5) is 0 Å². The quantitative estimate of drug-likeness (QED) is 0.131. The Hall–Kier alpha value is -5.13. The molecule has 5 rings (SSSR count). The van der Waals surface area contributed by atoms with Crippen molar-refractivity contribution in [2.24, 2.45) is 0 Å². The summed E-state index contributed by atoms with van der Waals surface area (Å²) in [5, 5.41) is 0.558. The van der Waals surface area contributed by atoms with Crippen LogP contribution < -0.4 is 29.1 Å². The Balaban J connectivity index is 1.18. The standard InChI is InChI=1S/C35H37N3O8/c1-40-31-13-15-36-27(34(31)42-3)22-38(23-28-35(43-4)32(41-2)14-16-37-28)17-18-44-19-20-45-25-11-9-24(10-12-25)33-21-29(39)26-7-5-6-8-30(26)46-33/h5-16,21H,17-20,22-23H2,1-4H3. The van der Waals surface area contributed by atoms with Gasteiger partial charge in [-0.25, -0.2) is 0 Å². The lowest BCUT2D eigenvalue weighted by molar-refractivity contribution is 0.0749. The number of hydrogen-bond donors (Lipinski definition) is 0. The van der Waals surface area contributed by atoms with E-state index in [1.54, 1.807) is 65.1 Å². The molecule has 3 heterocycles. The van der Waals surface area contributed by atoms with Crippen molar-refractivity contribution in [1.29, 1.82) is 0 Å². The van der Waals surface area contributed by atoms with Crippen molar-refractivity contribution in [2.75, 3.05) is 54.8 Å². The SMILES string of the molecule is COc1ccnc(CN(CCOCCOc2ccc(-c3cc(=O)c4ccccc4o3)cc2)Cc2nccc(OC)c2OC)c1OC. The van der Waals surface area contributed by atoms with Gasteiger partial charge >= 0.3 is 0 Å². The molecule has 5 aromatic rings. The minimum absolute atomic E-state index is 0.0781. The molecule has 0 atom stereocenters. The number of aromatic nitrogens is 2. The Morgan fingerprint density at radius 1 is 0.717 bits per heavy atom. The van der Waals surface area contributed by atoms with E-state index < -0.39 is 0 Å². The number of methoxy groups -OCH3 is 4. The summed E-state index contributed by atoms with van der Waals surface area (Å²) in [6, 6.07) is 19.7. The van der Waals surface area contributed by atoms with Crippen molar-refractivity contribution >= 4 is 11.0 Å². The second-order valence-corrected chi connectivity index (χ2v) is 10.2. The number of hydrogen-bond acceptors (Lipinski definition) is 11. The first-order valence-corrected chi connectivity index (χ1v) is 14.7. The monoisotopic (exact) mass is 627 g/mol. The lowest BCUT2D eigenvalue weighted by Crippen LogP contribution is -2.29. The van der Waals surface area contributed by atoms with E-state index >= 15 is 0 Å². The molecule has 0 fully saturated rings. The van der Waals surface area contributed by atoms with Gasteiger partial charge in [0.1, 0.15) is 35.1 Å². The topological polar surface area (TPSA) is 115 Å². The molecule has 3 aromatic heterocycles. The number of pyridine rings is 2. The smallest absolute Gasteiger partial charge is 0.193 e. The van der Waals surface area contributed by atoms with Gasteiger partial charge < -0.3 is 32.8 Å². The maximum Gasteiger partial charge on any atom is 0.193 e. The van der Waals surface area contributed by atoms with Gasteiger partial charge in [0.25, 0.3) is 0 Å². The summed E-state index contributed by atoms with van der Waals surface area (Å²) < 4.78 is 39.9. The van der Waals surface area contributed by atoms with Crippen LogP contribution in [0.15, 0.2) is 88.3 Å². The van der Waals surface area contributed by atoms with Gasteiger partial charge in [-0.3, -0.25) is 19.7 Å². The molecule has 11 nitrogen and oxygen atoms in total. The molecule has 0 aliphatic carbocycles. The number of rotatable bonds is 16. The first-order valence-electron chi connectivity index (χ1n) is 14.7. The molecule has 0 saturated carbocycles. The number of para-hydroxylation sites is 1. The molecule has 0 spiro atoms. The van der Waals surface area contributed by atoms with Crippen LogP contribution in [0.3, 0.4) is 0 Å². The maximum atomic E-state index is 12.5. The molecule has 0 amide bonds. The second-order valence-electron chi connectivity index (χ2n) is 10.2. The minimum Gasteiger partial charge on any atom is -0.493 e. The van der Waals surface area contributed by atoms with Crippen molar-refractivity contribution < 1.29 is 32.8 Å². The Morgan fingerprint density at radius 3 is 1.96 bits per heavy atom. The van der Waals surface area contributed by atoms with Crippen LogP contribution in [-0.2, 0) is 17.8 Å².